The largest absolute Gasteiger partial charge is 0.384 e. The molecule has 0 heterocycles. The summed E-state index contributed by atoms with van der Waals surface area (Å²) in [4.78, 5) is 3.21. The summed E-state index contributed by atoms with van der Waals surface area (Å²) in [6, 6.07) is 17.2. The highest BCUT2D eigenvalue weighted by Crippen LogP contribution is 2.18. The standard InChI is InChI=1S/C12H10BCl3NSi/c14-13-11-8-4-5-9-12(11)17-18(15,16)10-6-2-1-3-7-10/h1-9,17H. The first-order chi connectivity index (χ1) is 8.63. The molecule has 0 amide bonds. The topological polar surface area (TPSA) is 12.0 Å². The molecule has 0 aliphatic heterocycles. The molecule has 0 aromatic heterocycles. The smallest absolute Gasteiger partial charge is 0.383 e. The van der Waals surface area contributed by atoms with Crippen LogP contribution in [0.5, 0.6) is 0 Å². The van der Waals surface area contributed by atoms with Crippen LogP contribution in [-0.4, -0.2) is 13.5 Å². The van der Waals surface area contributed by atoms with Gasteiger partial charge in [-0.1, -0.05) is 48.5 Å². The Labute approximate surface area is 123 Å². The molecule has 0 atom stereocenters. The first-order valence-electron chi connectivity index (χ1n) is 5.37. The van der Waals surface area contributed by atoms with Gasteiger partial charge in [-0.25, -0.2) is 0 Å². The average molecular weight is 313 g/mol. The Morgan fingerprint density at radius 2 is 1.50 bits per heavy atom. The second kappa shape index (κ2) is 6.02. The van der Waals surface area contributed by atoms with Crippen LogP contribution in [0.1, 0.15) is 0 Å². The van der Waals surface area contributed by atoms with Gasteiger partial charge in [0.2, 0.25) is 0 Å². The van der Waals surface area contributed by atoms with Crippen molar-refractivity contribution < 1.29 is 0 Å². The molecule has 1 N–H and O–H groups in total. The van der Waals surface area contributed by atoms with Gasteiger partial charge in [-0.2, -0.15) is 11.5 Å². The molecule has 0 fully saturated rings. The third kappa shape index (κ3) is 3.24. The van der Waals surface area contributed by atoms with Gasteiger partial charge in [-0.3, -0.25) is 0 Å². The van der Waals surface area contributed by atoms with Crippen molar-refractivity contribution in [2.24, 2.45) is 0 Å². The monoisotopic (exact) mass is 312 g/mol. The predicted octanol–water partition coefficient (Wildman–Crippen LogP) is 2.91. The average Bonchev–Trinajstić information content (AvgIpc) is 2.40. The van der Waals surface area contributed by atoms with Gasteiger partial charge in [-0.05, 0) is 16.7 Å². The van der Waals surface area contributed by atoms with Gasteiger partial charge in [0.1, 0.15) is 0 Å². The van der Waals surface area contributed by atoms with Gasteiger partial charge >= 0.3 is 6.86 Å². The van der Waals surface area contributed by atoms with Crippen molar-refractivity contribution >= 4 is 63.5 Å². The minimum absolute atomic E-state index is 0.841. The highest BCUT2D eigenvalue weighted by molar-refractivity contribution is 7.52. The van der Waals surface area contributed by atoms with Gasteiger partial charge in [0.15, 0.2) is 0 Å². The fraction of sp³-hybridized carbons (Fsp3) is 0. The van der Waals surface area contributed by atoms with E-state index in [-0.39, 0.29) is 0 Å². The number of rotatable bonds is 4. The second-order valence-electron chi connectivity index (χ2n) is 3.76. The Morgan fingerprint density at radius 3 is 2.17 bits per heavy atom. The summed E-state index contributed by atoms with van der Waals surface area (Å²) in [6.45, 7) is -1.25. The van der Waals surface area contributed by atoms with Crippen molar-refractivity contribution in [3.8, 4) is 0 Å². The van der Waals surface area contributed by atoms with E-state index in [9.17, 15) is 0 Å². The SMILES string of the molecule is Cl[B]c1ccccc1N[Si](Cl)(Cl)c1ccccc1. The molecule has 91 valence electrons. The Balaban J connectivity index is 2.28. The minimum Gasteiger partial charge on any atom is -0.384 e. The molecule has 0 bridgehead atoms. The molecule has 0 saturated carbocycles. The lowest BCUT2D eigenvalue weighted by Crippen LogP contribution is -2.46. The van der Waals surface area contributed by atoms with E-state index < -0.39 is 6.86 Å². The number of benzene rings is 2. The van der Waals surface area contributed by atoms with Crippen LogP contribution in [0.3, 0.4) is 0 Å². The maximum Gasteiger partial charge on any atom is 0.383 e. The Kier molecular flexibility index (Phi) is 4.62. The third-order valence-corrected chi connectivity index (χ3v) is 6.26. The number of para-hydroxylation sites is 1. The number of halogens is 3. The van der Waals surface area contributed by atoms with E-state index in [1.165, 1.54) is 6.69 Å². The third-order valence-electron chi connectivity index (χ3n) is 2.51. The molecule has 0 saturated heterocycles. The Morgan fingerprint density at radius 1 is 0.889 bits per heavy atom. The lowest BCUT2D eigenvalue weighted by molar-refractivity contribution is 1.69. The quantitative estimate of drug-likeness (QED) is 0.676. The first-order valence-corrected chi connectivity index (χ1v) is 9.83. The molecule has 6 heteroatoms. The molecule has 0 aliphatic rings. The number of hydrogen-bond donors (Lipinski definition) is 1. The van der Waals surface area contributed by atoms with Crippen LogP contribution >= 0.6 is 33.6 Å². The number of anilines is 1. The van der Waals surface area contributed by atoms with Crippen LogP contribution in [0.25, 0.3) is 0 Å². The molecule has 1 radical (unpaired) electrons. The molecule has 18 heavy (non-hydrogen) atoms. The summed E-state index contributed by atoms with van der Waals surface area (Å²) in [5.41, 5.74) is 1.71. The van der Waals surface area contributed by atoms with Crippen LogP contribution < -0.4 is 15.6 Å². The fourth-order valence-corrected chi connectivity index (χ4v) is 4.47. The maximum atomic E-state index is 6.46. The fourth-order valence-electron chi connectivity index (χ4n) is 1.59. The summed E-state index contributed by atoms with van der Waals surface area (Å²) in [7, 11) is 0. The summed E-state index contributed by atoms with van der Waals surface area (Å²) >= 11 is 18.7. The second-order valence-corrected chi connectivity index (χ2v) is 9.94. The molecular formula is C12H10BCl3NSi. The Bertz CT molecular complexity index is 522. The lowest BCUT2D eigenvalue weighted by atomic mass is 9.93. The van der Waals surface area contributed by atoms with E-state index in [1.807, 2.05) is 54.6 Å². The van der Waals surface area contributed by atoms with E-state index in [1.54, 1.807) is 0 Å². The van der Waals surface area contributed by atoms with Crippen molar-refractivity contribution in [3.05, 3.63) is 54.6 Å². The van der Waals surface area contributed by atoms with Crippen LogP contribution in [0.15, 0.2) is 54.6 Å². The normalized spacial score (nSPS) is 11.1. The van der Waals surface area contributed by atoms with Crippen LogP contribution in [-0.2, 0) is 0 Å². The lowest BCUT2D eigenvalue weighted by Gasteiger charge is -2.21. The van der Waals surface area contributed by atoms with Crippen molar-refractivity contribution in [1.82, 2.24) is 0 Å². The number of hydrogen-bond acceptors (Lipinski definition) is 1. The van der Waals surface area contributed by atoms with E-state index >= 15 is 0 Å². The summed E-state index contributed by atoms with van der Waals surface area (Å²) in [6.07, 6.45) is 0. The predicted molar refractivity (Wildman–Crippen MR) is 84.8 cm³/mol. The van der Waals surface area contributed by atoms with Crippen molar-refractivity contribution in [1.29, 1.82) is 0 Å². The molecule has 1 nitrogen and oxygen atoms in total. The summed E-state index contributed by atoms with van der Waals surface area (Å²) in [5.74, 6) is 0. The zero-order valence-corrected chi connectivity index (χ0v) is 12.7. The van der Waals surface area contributed by atoms with Crippen molar-refractivity contribution in [3.63, 3.8) is 0 Å². The molecule has 2 aromatic carbocycles. The molecule has 2 rings (SSSR count). The van der Waals surface area contributed by atoms with E-state index in [2.05, 4.69) is 4.98 Å². The van der Waals surface area contributed by atoms with E-state index in [0.29, 0.717) is 0 Å². The zero-order chi connectivity index (χ0) is 13.0. The molecule has 2 aromatic rings. The summed E-state index contributed by atoms with van der Waals surface area (Å²) in [5, 5.41) is 0.915. The molecule has 0 spiro atoms. The van der Waals surface area contributed by atoms with Crippen molar-refractivity contribution in [2.75, 3.05) is 4.98 Å². The van der Waals surface area contributed by atoms with Gasteiger partial charge < -0.3 is 4.98 Å². The van der Waals surface area contributed by atoms with Crippen LogP contribution in [0, 0.1) is 0 Å². The van der Waals surface area contributed by atoms with Crippen LogP contribution in [0.4, 0.5) is 5.69 Å². The zero-order valence-electron chi connectivity index (χ0n) is 9.41. The minimum atomic E-state index is -2.75. The summed E-state index contributed by atoms with van der Waals surface area (Å²) < 4.78 is 0. The molecule has 0 aliphatic carbocycles. The van der Waals surface area contributed by atoms with Gasteiger partial charge in [-0.15, -0.1) is 22.2 Å². The van der Waals surface area contributed by atoms with Gasteiger partial charge in [0, 0.05) is 5.69 Å². The van der Waals surface area contributed by atoms with E-state index in [0.717, 1.165) is 16.3 Å². The Hall–Kier alpha value is -0.608. The highest BCUT2D eigenvalue weighted by atomic mass is 35.7. The molecular weight excluding hydrogens is 303 g/mol. The van der Waals surface area contributed by atoms with Gasteiger partial charge in [0.25, 0.3) is 6.69 Å². The first kappa shape index (κ1) is 13.8. The highest BCUT2D eigenvalue weighted by Gasteiger charge is 2.32. The van der Waals surface area contributed by atoms with Crippen molar-refractivity contribution in [2.45, 2.75) is 0 Å². The maximum absolute atomic E-state index is 6.46. The number of nitrogens with one attached hydrogen (secondary N) is 1. The molecule has 0 unspecified atom stereocenters. The van der Waals surface area contributed by atoms with Gasteiger partial charge in [0.05, 0.1) is 0 Å². The van der Waals surface area contributed by atoms with E-state index in [4.69, 9.17) is 33.6 Å². The van der Waals surface area contributed by atoms with Crippen LogP contribution in [0.2, 0.25) is 0 Å².